The molecule has 0 spiro atoms. The molecule has 13 heavy (non-hydrogen) atoms. The van der Waals surface area contributed by atoms with Crippen LogP contribution in [0.3, 0.4) is 0 Å². The van der Waals surface area contributed by atoms with Crippen molar-refractivity contribution in [2.75, 3.05) is 26.3 Å². The van der Waals surface area contributed by atoms with Gasteiger partial charge in [-0.2, -0.15) is 0 Å². The van der Waals surface area contributed by atoms with Gasteiger partial charge in [0.2, 0.25) is 0 Å². The van der Waals surface area contributed by atoms with Gasteiger partial charge in [-0.05, 0) is 13.8 Å². The van der Waals surface area contributed by atoms with Crippen LogP contribution in [-0.2, 0) is 4.74 Å². The Bertz CT molecular complexity index is 159. The Morgan fingerprint density at radius 2 is 2.23 bits per heavy atom. The van der Waals surface area contributed by atoms with Crippen LogP contribution in [0.4, 0.5) is 0 Å². The lowest BCUT2D eigenvalue weighted by atomic mass is 10.0. The van der Waals surface area contributed by atoms with Crippen molar-refractivity contribution in [2.45, 2.75) is 31.5 Å². The van der Waals surface area contributed by atoms with Crippen LogP contribution in [0.5, 0.6) is 0 Å². The van der Waals surface area contributed by atoms with Crippen LogP contribution in [0, 0.1) is 0 Å². The Labute approximate surface area is 78.9 Å². The molecular weight excluding hydrogens is 170 g/mol. The van der Waals surface area contributed by atoms with Crippen molar-refractivity contribution in [3.05, 3.63) is 0 Å². The molecule has 4 heteroatoms. The highest BCUT2D eigenvalue weighted by atomic mass is 16.5. The smallest absolute Gasteiger partial charge is 0.102 e. The van der Waals surface area contributed by atoms with Crippen LogP contribution in [0.15, 0.2) is 0 Å². The number of rotatable bonds is 4. The van der Waals surface area contributed by atoms with Crippen molar-refractivity contribution < 1.29 is 14.9 Å². The predicted octanol–water partition coefficient (Wildman–Crippen LogP) is -0.502. The Hall–Kier alpha value is -0.160. The third kappa shape index (κ3) is 4.04. The van der Waals surface area contributed by atoms with Crippen molar-refractivity contribution in [1.29, 1.82) is 0 Å². The topological polar surface area (TPSA) is 61.7 Å². The standard InChI is InChI=1S/C9H19NO3/c1-8(2,11)5-10-6-9(12)3-4-13-7-9/h10-12H,3-7H2,1-2H3. The monoisotopic (exact) mass is 189 g/mol. The summed E-state index contributed by atoms with van der Waals surface area (Å²) in [5.41, 5.74) is -1.46. The lowest BCUT2D eigenvalue weighted by Crippen LogP contribution is -2.45. The number of aliphatic hydroxyl groups is 2. The van der Waals surface area contributed by atoms with Gasteiger partial charge in [-0.15, -0.1) is 0 Å². The molecule has 3 N–H and O–H groups in total. The minimum absolute atomic E-state index is 0.395. The zero-order chi connectivity index (χ0) is 9.95. The molecule has 1 aliphatic rings. The minimum Gasteiger partial charge on any atom is -0.389 e. The lowest BCUT2D eigenvalue weighted by Gasteiger charge is -2.24. The molecule has 78 valence electrons. The van der Waals surface area contributed by atoms with Gasteiger partial charge in [0.1, 0.15) is 5.60 Å². The van der Waals surface area contributed by atoms with E-state index in [1.807, 2.05) is 0 Å². The maximum Gasteiger partial charge on any atom is 0.102 e. The summed E-state index contributed by atoms with van der Waals surface area (Å²) in [6, 6.07) is 0. The fourth-order valence-electron chi connectivity index (χ4n) is 1.34. The summed E-state index contributed by atoms with van der Waals surface area (Å²) in [6.45, 7) is 5.45. The van der Waals surface area contributed by atoms with Gasteiger partial charge in [0.05, 0.1) is 12.2 Å². The molecule has 0 bridgehead atoms. The first-order chi connectivity index (χ1) is 5.91. The fourth-order valence-corrected chi connectivity index (χ4v) is 1.34. The summed E-state index contributed by atoms with van der Waals surface area (Å²) in [5.74, 6) is 0. The quantitative estimate of drug-likeness (QED) is 0.558. The average molecular weight is 189 g/mol. The van der Waals surface area contributed by atoms with Crippen molar-refractivity contribution in [3.8, 4) is 0 Å². The molecule has 0 aromatic rings. The van der Waals surface area contributed by atoms with Gasteiger partial charge in [-0.1, -0.05) is 0 Å². The lowest BCUT2D eigenvalue weighted by molar-refractivity contribution is 0.0183. The fraction of sp³-hybridized carbons (Fsp3) is 1.00. The second-order valence-corrected chi connectivity index (χ2v) is 4.44. The zero-order valence-corrected chi connectivity index (χ0v) is 8.34. The molecule has 4 nitrogen and oxygen atoms in total. The summed E-state index contributed by atoms with van der Waals surface area (Å²) < 4.78 is 5.09. The van der Waals surface area contributed by atoms with Gasteiger partial charge in [0.25, 0.3) is 0 Å². The Morgan fingerprint density at radius 3 is 2.69 bits per heavy atom. The van der Waals surface area contributed by atoms with E-state index < -0.39 is 11.2 Å². The van der Waals surface area contributed by atoms with E-state index in [2.05, 4.69) is 5.32 Å². The maximum atomic E-state index is 9.82. The van der Waals surface area contributed by atoms with E-state index in [0.717, 1.165) is 0 Å². The van der Waals surface area contributed by atoms with E-state index in [1.54, 1.807) is 13.8 Å². The largest absolute Gasteiger partial charge is 0.389 e. The molecule has 0 aromatic carbocycles. The van der Waals surface area contributed by atoms with E-state index in [4.69, 9.17) is 4.74 Å². The molecule has 1 atom stereocenters. The predicted molar refractivity (Wildman–Crippen MR) is 49.6 cm³/mol. The van der Waals surface area contributed by atoms with Crippen LogP contribution in [0.1, 0.15) is 20.3 Å². The second-order valence-electron chi connectivity index (χ2n) is 4.44. The van der Waals surface area contributed by atoms with Gasteiger partial charge >= 0.3 is 0 Å². The summed E-state index contributed by atoms with van der Waals surface area (Å²) in [4.78, 5) is 0. The number of nitrogens with one attached hydrogen (secondary N) is 1. The van der Waals surface area contributed by atoms with Crippen LogP contribution >= 0.6 is 0 Å². The zero-order valence-electron chi connectivity index (χ0n) is 8.34. The molecular formula is C9H19NO3. The van der Waals surface area contributed by atoms with Crippen LogP contribution in [-0.4, -0.2) is 47.7 Å². The first kappa shape index (κ1) is 10.9. The third-order valence-corrected chi connectivity index (χ3v) is 2.09. The molecule has 0 radical (unpaired) electrons. The summed E-state index contributed by atoms with van der Waals surface area (Å²) in [7, 11) is 0. The maximum absolute atomic E-state index is 9.82. The van der Waals surface area contributed by atoms with E-state index in [-0.39, 0.29) is 0 Å². The Balaban J connectivity index is 2.18. The Morgan fingerprint density at radius 1 is 1.54 bits per heavy atom. The van der Waals surface area contributed by atoms with Crippen molar-refractivity contribution in [2.24, 2.45) is 0 Å². The SMILES string of the molecule is CC(C)(O)CNCC1(O)CCOC1. The molecule has 0 saturated carbocycles. The highest BCUT2D eigenvalue weighted by Gasteiger charge is 2.32. The molecule has 1 saturated heterocycles. The molecule has 0 amide bonds. The normalized spacial score (nSPS) is 29.5. The number of hydrogen-bond donors (Lipinski definition) is 3. The van der Waals surface area contributed by atoms with Crippen molar-refractivity contribution in [1.82, 2.24) is 5.32 Å². The molecule has 0 aliphatic carbocycles. The highest BCUT2D eigenvalue weighted by Crippen LogP contribution is 2.16. The van der Waals surface area contributed by atoms with Crippen LogP contribution in [0.2, 0.25) is 0 Å². The highest BCUT2D eigenvalue weighted by molar-refractivity contribution is 4.85. The van der Waals surface area contributed by atoms with Gasteiger partial charge < -0.3 is 20.3 Å². The third-order valence-electron chi connectivity index (χ3n) is 2.09. The van der Waals surface area contributed by atoms with Gasteiger partial charge in [0.15, 0.2) is 0 Å². The number of hydrogen-bond acceptors (Lipinski definition) is 4. The summed E-state index contributed by atoms with van der Waals surface area (Å²) >= 11 is 0. The van der Waals surface area contributed by atoms with Crippen molar-refractivity contribution >= 4 is 0 Å². The Kier molecular flexibility index (Phi) is 3.29. The van der Waals surface area contributed by atoms with E-state index in [1.165, 1.54) is 0 Å². The molecule has 1 fully saturated rings. The van der Waals surface area contributed by atoms with E-state index in [9.17, 15) is 10.2 Å². The minimum atomic E-state index is -0.731. The van der Waals surface area contributed by atoms with Gasteiger partial charge in [-0.25, -0.2) is 0 Å². The van der Waals surface area contributed by atoms with Gasteiger partial charge in [-0.3, -0.25) is 0 Å². The number of ether oxygens (including phenoxy) is 1. The molecule has 1 rings (SSSR count). The summed E-state index contributed by atoms with van der Waals surface area (Å²) in [5, 5.41) is 22.2. The van der Waals surface area contributed by atoms with Gasteiger partial charge in [0, 0.05) is 26.1 Å². The van der Waals surface area contributed by atoms with E-state index >= 15 is 0 Å². The van der Waals surface area contributed by atoms with Crippen LogP contribution in [0.25, 0.3) is 0 Å². The molecule has 0 aromatic heterocycles. The molecule has 1 unspecified atom stereocenters. The molecule has 1 heterocycles. The average Bonchev–Trinajstić information content (AvgIpc) is 2.33. The molecule has 1 aliphatic heterocycles. The second kappa shape index (κ2) is 3.92. The first-order valence-electron chi connectivity index (χ1n) is 4.65. The summed E-state index contributed by atoms with van der Waals surface area (Å²) in [6.07, 6.45) is 0.672. The van der Waals surface area contributed by atoms with E-state index in [0.29, 0.717) is 32.7 Å². The van der Waals surface area contributed by atoms with Crippen molar-refractivity contribution in [3.63, 3.8) is 0 Å². The van der Waals surface area contributed by atoms with Crippen LogP contribution < -0.4 is 5.32 Å². The first-order valence-corrected chi connectivity index (χ1v) is 4.65.